The fraction of sp³-hybridized carbons (Fsp3) is 0.750. The molecule has 1 unspecified atom stereocenters. The maximum absolute atomic E-state index is 10.1. The fourth-order valence-corrected chi connectivity index (χ4v) is 0.651. The van der Waals surface area contributed by atoms with Crippen molar-refractivity contribution in [1.82, 2.24) is 0 Å². The molecule has 0 spiro atoms. The van der Waals surface area contributed by atoms with Crippen molar-refractivity contribution < 1.29 is 9.90 Å². The molecular formula is C4H7AsO2. The summed E-state index contributed by atoms with van der Waals surface area (Å²) < 4.78 is -0.271. The number of carbonyl (C=O) groups is 1. The van der Waals surface area contributed by atoms with Crippen molar-refractivity contribution in [3.8, 4) is 0 Å². The van der Waals surface area contributed by atoms with Gasteiger partial charge in [0.1, 0.15) is 0 Å². The zero-order chi connectivity index (χ0) is 5.49. The molecule has 1 N–H and O–H groups in total. The molecule has 3 heteroatoms. The Kier molecular flexibility index (Phi) is 0.926. The summed E-state index contributed by atoms with van der Waals surface area (Å²) in [5, 5.41) is 8.33. The topological polar surface area (TPSA) is 37.3 Å². The van der Waals surface area contributed by atoms with E-state index in [0.717, 1.165) is 12.8 Å². The van der Waals surface area contributed by atoms with Crippen molar-refractivity contribution in [3.63, 3.8) is 0 Å². The van der Waals surface area contributed by atoms with Gasteiger partial charge in [-0.2, -0.15) is 0 Å². The van der Waals surface area contributed by atoms with E-state index in [1.807, 2.05) is 0 Å². The van der Waals surface area contributed by atoms with Gasteiger partial charge in [0.25, 0.3) is 0 Å². The third-order valence-electron chi connectivity index (χ3n) is 1.21. The fourth-order valence-electron chi connectivity index (χ4n) is 0.349. The summed E-state index contributed by atoms with van der Waals surface area (Å²) in [5.74, 6) is -0.618. The predicted molar refractivity (Wildman–Crippen MR) is 28.1 cm³/mol. The van der Waals surface area contributed by atoms with Gasteiger partial charge in [-0.3, -0.25) is 0 Å². The summed E-state index contributed by atoms with van der Waals surface area (Å²) in [6.07, 6.45) is 1.78. The summed E-state index contributed by atoms with van der Waals surface area (Å²) in [6, 6.07) is 0. The van der Waals surface area contributed by atoms with Crippen molar-refractivity contribution in [3.05, 3.63) is 0 Å². The maximum atomic E-state index is 10.1. The van der Waals surface area contributed by atoms with Crippen LogP contribution in [0.5, 0.6) is 0 Å². The second-order valence-corrected chi connectivity index (χ2v) is 4.28. The quantitative estimate of drug-likeness (QED) is 0.535. The number of hydrogen-bond acceptors (Lipinski definition) is 1. The summed E-state index contributed by atoms with van der Waals surface area (Å²) >= 11 is 1.35. The van der Waals surface area contributed by atoms with Crippen LogP contribution < -0.4 is 0 Å². The van der Waals surface area contributed by atoms with E-state index in [4.69, 9.17) is 5.11 Å². The van der Waals surface area contributed by atoms with Gasteiger partial charge in [-0.1, -0.05) is 0 Å². The van der Waals surface area contributed by atoms with Crippen LogP contribution in [0, 0.1) is 0 Å². The van der Waals surface area contributed by atoms with Crippen molar-refractivity contribution >= 4 is 22.8 Å². The van der Waals surface area contributed by atoms with E-state index in [0.29, 0.717) is 0 Å². The Hall–Kier alpha value is 0.0284. The molecular weight excluding hydrogens is 155 g/mol. The first-order valence-corrected chi connectivity index (χ1v) is 3.38. The minimum atomic E-state index is -0.618. The van der Waals surface area contributed by atoms with Gasteiger partial charge >= 0.3 is 49.8 Å². The first-order valence-electron chi connectivity index (χ1n) is 2.17. The average Bonchev–Trinajstić information content (AvgIpc) is 2.21. The van der Waals surface area contributed by atoms with Crippen LogP contribution in [-0.2, 0) is 4.79 Å². The van der Waals surface area contributed by atoms with Crippen LogP contribution in [0.2, 0.25) is 4.20 Å². The predicted octanol–water partition coefficient (Wildman–Crippen LogP) is -0.343. The molecule has 0 aliphatic heterocycles. The number of rotatable bonds is 1. The second-order valence-electron chi connectivity index (χ2n) is 1.96. The Morgan fingerprint density at radius 1 is 1.71 bits per heavy atom. The molecule has 1 aliphatic rings. The molecule has 2 nitrogen and oxygen atoms in total. The molecule has 0 bridgehead atoms. The minimum absolute atomic E-state index is 0.271. The van der Waals surface area contributed by atoms with E-state index >= 15 is 0 Å². The number of aliphatic carboxylic acids is 1. The first-order chi connectivity index (χ1) is 3.15. The Morgan fingerprint density at radius 3 is 2.14 bits per heavy atom. The third-order valence-corrected chi connectivity index (χ3v) is 2.94. The number of carboxylic acid groups (broad SMARTS) is 1. The molecule has 40 valence electrons. The molecule has 0 aromatic carbocycles. The van der Waals surface area contributed by atoms with E-state index in [2.05, 4.69) is 0 Å². The Morgan fingerprint density at radius 2 is 2.14 bits per heavy atom. The molecule has 1 saturated carbocycles. The van der Waals surface area contributed by atoms with Crippen LogP contribution in [-0.4, -0.2) is 27.9 Å². The molecule has 1 rings (SSSR count). The molecule has 1 atom stereocenters. The number of carboxylic acids is 1. The molecule has 0 amide bonds. The van der Waals surface area contributed by atoms with Gasteiger partial charge in [-0.05, 0) is 0 Å². The molecule has 7 heavy (non-hydrogen) atoms. The monoisotopic (exact) mass is 162 g/mol. The normalized spacial score (nSPS) is 24.1. The Balaban J connectivity index is 2.55. The summed E-state index contributed by atoms with van der Waals surface area (Å²) in [5.41, 5.74) is 0. The van der Waals surface area contributed by atoms with Crippen LogP contribution in [0.25, 0.3) is 0 Å². The number of hydrogen-bond donors (Lipinski definition) is 1. The van der Waals surface area contributed by atoms with Gasteiger partial charge in [-0.15, -0.1) is 0 Å². The van der Waals surface area contributed by atoms with Gasteiger partial charge in [0.05, 0.1) is 0 Å². The molecule has 0 heterocycles. The van der Waals surface area contributed by atoms with E-state index in [-0.39, 0.29) is 4.20 Å². The van der Waals surface area contributed by atoms with Crippen molar-refractivity contribution in [2.24, 2.45) is 0 Å². The molecule has 0 saturated heterocycles. The second kappa shape index (κ2) is 1.25. The van der Waals surface area contributed by atoms with Gasteiger partial charge in [0.2, 0.25) is 0 Å². The molecule has 1 fully saturated rings. The average molecular weight is 162 g/mol. The van der Waals surface area contributed by atoms with E-state index in [9.17, 15) is 4.79 Å². The van der Waals surface area contributed by atoms with Crippen molar-refractivity contribution in [2.75, 3.05) is 0 Å². The summed E-state index contributed by atoms with van der Waals surface area (Å²) in [7, 11) is 0. The third kappa shape index (κ3) is 0.804. The molecule has 1 aliphatic carbocycles. The van der Waals surface area contributed by atoms with Crippen LogP contribution >= 0.6 is 0 Å². The first kappa shape index (κ1) is 5.17. The van der Waals surface area contributed by atoms with Crippen LogP contribution in [0.15, 0.2) is 0 Å². The van der Waals surface area contributed by atoms with Gasteiger partial charge < -0.3 is 0 Å². The van der Waals surface area contributed by atoms with Gasteiger partial charge in [0, 0.05) is 0 Å². The van der Waals surface area contributed by atoms with Crippen LogP contribution in [0.4, 0.5) is 0 Å². The SMILES string of the molecule is O=C(O)C1([AsH2])CC1. The van der Waals surface area contributed by atoms with E-state index < -0.39 is 5.97 Å². The van der Waals surface area contributed by atoms with Crippen LogP contribution in [0.1, 0.15) is 12.8 Å². The van der Waals surface area contributed by atoms with Gasteiger partial charge in [0.15, 0.2) is 0 Å². The molecule has 0 radical (unpaired) electrons. The summed E-state index contributed by atoms with van der Waals surface area (Å²) in [4.78, 5) is 10.1. The van der Waals surface area contributed by atoms with Gasteiger partial charge in [-0.25, -0.2) is 0 Å². The van der Waals surface area contributed by atoms with Crippen molar-refractivity contribution in [2.45, 2.75) is 17.0 Å². The molecule has 0 aromatic rings. The zero-order valence-corrected chi connectivity index (χ0v) is 6.27. The van der Waals surface area contributed by atoms with E-state index in [1.165, 1.54) is 16.9 Å². The van der Waals surface area contributed by atoms with Crippen LogP contribution in [0.3, 0.4) is 0 Å². The standard InChI is InChI=1S/C4H7AsO2/c5-4(1-2-4)3(6)7/h1-2,5H2,(H,6,7). The Labute approximate surface area is 50.4 Å². The summed E-state index contributed by atoms with van der Waals surface area (Å²) in [6.45, 7) is 0. The Bertz CT molecular complexity index is 106. The zero-order valence-electron chi connectivity index (χ0n) is 3.85. The van der Waals surface area contributed by atoms with E-state index in [1.54, 1.807) is 0 Å². The molecule has 0 aromatic heterocycles. The van der Waals surface area contributed by atoms with Crippen molar-refractivity contribution in [1.29, 1.82) is 0 Å².